The molecule has 3 heterocycles. The van der Waals surface area contributed by atoms with Gasteiger partial charge < -0.3 is 15.0 Å². The first kappa shape index (κ1) is 20.5. The van der Waals surface area contributed by atoms with Crippen LogP contribution in [0.4, 0.5) is 11.4 Å². The molecule has 1 saturated heterocycles. The van der Waals surface area contributed by atoms with Crippen LogP contribution in [-0.2, 0) is 11.2 Å². The van der Waals surface area contributed by atoms with Crippen LogP contribution in [-0.4, -0.2) is 57.4 Å². The fourth-order valence-electron chi connectivity index (χ4n) is 3.09. The van der Waals surface area contributed by atoms with E-state index in [0.29, 0.717) is 22.4 Å². The molecule has 0 saturated carbocycles. The number of halogens is 1. The lowest BCUT2D eigenvalue weighted by molar-refractivity contribution is -0.115. The van der Waals surface area contributed by atoms with Crippen LogP contribution in [0.2, 0.25) is 5.02 Å². The molecule has 0 radical (unpaired) electrons. The van der Waals surface area contributed by atoms with Crippen molar-refractivity contribution in [2.24, 2.45) is 0 Å². The van der Waals surface area contributed by atoms with Gasteiger partial charge in [0.05, 0.1) is 49.7 Å². The summed E-state index contributed by atoms with van der Waals surface area (Å²) in [6, 6.07) is 5.24. The minimum absolute atomic E-state index is 0.146. The predicted octanol–water partition coefficient (Wildman–Crippen LogP) is 3.06. The molecule has 156 valence electrons. The zero-order valence-electron chi connectivity index (χ0n) is 16.4. The third kappa shape index (κ3) is 4.85. The summed E-state index contributed by atoms with van der Waals surface area (Å²) in [5, 5.41) is 7.55. The molecular formula is C20H21ClN6O2S. The molecule has 0 bridgehead atoms. The molecule has 3 aromatic rings. The lowest BCUT2D eigenvalue weighted by Crippen LogP contribution is -2.32. The Labute approximate surface area is 183 Å². The highest BCUT2D eigenvalue weighted by atomic mass is 35.5. The molecule has 10 heteroatoms. The van der Waals surface area contributed by atoms with Crippen LogP contribution in [0.5, 0.6) is 5.75 Å². The van der Waals surface area contributed by atoms with Gasteiger partial charge in [-0.15, -0.1) is 0 Å². The van der Waals surface area contributed by atoms with Crippen molar-refractivity contribution in [2.75, 3.05) is 41.9 Å². The summed E-state index contributed by atoms with van der Waals surface area (Å²) in [7, 11) is 1.57. The van der Waals surface area contributed by atoms with Crippen molar-refractivity contribution >= 4 is 40.6 Å². The normalized spacial score (nSPS) is 13.9. The van der Waals surface area contributed by atoms with E-state index in [2.05, 4.69) is 25.3 Å². The van der Waals surface area contributed by atoms with Crippen molar-refractivity contribution < 1.29 is 9.53 Å². The lowest BCUT2D eigenvalue weighted by atomic mass is 10.1. The van der Waals surface area contributed by atoms with Crippen LogP contribution in [0.1, 0.15) is 5.56 Å². The Kier molecular flexibility index (Phi) is 6.39. The molecule has 1 aliphatic rings. The maximum absolute atomic E-state index is 12.4. The maximum Gasteiger partial charge on any atom is 0.250 e. The Morgan fingerprint density at radius 1 is 1.23 bits per heavy atom. The van der Waals surface area contributed by atoms with E-state index in [-0.39, 0.29) is 12.3 Å². The highest BCUT2D eigenvalue weighted by Crippen LogP contribution is 2.23. The molecule has 30 heavy (non-hydrogen) atoms. The number of anilines is 2. The Morgan fingerprint density at radius 2 is 2.00 bits per heavy atom. The van der Waals surface area contributed by atoms with E-state index < -0.39 is 0 Å². The van der Waals surface area contributed by atoms with Crippen molar-refractivity contribution in [3.8, 4) is 11.7 Å². The lowest BCUT2D eigenvalue weighted by Gasteiger charge is -2.27. The molecule has 2 aromatic heterocycles. The number of hydrogen-bond donors (Lipinski definition) is 1. The third-order valence-electron chi connectivity index (χ3n) is 4.68. The standard InChI is InChI=1S/C20H21ClN6O2S/c1-29-17-3-2-14(18(21)9-17)8-19(28)25-15-10-24-27(13-15)20-22-11-16(12-23-20)26-4-6-30-7-5-26/h2-3,9-13H,4-8H2,1H3,(H,25,28). The molecule has 0 unspecified atom stereocenters. The van der Waals surface area contributed by atoms with E-state index in [0.717, 1.165) is 35.8 Å². The van der Waals surface area contributed by atoms with E-state index in [1.165, 1.54) is 4.68 Å². The summed E-state index contributed by atoms with van der Waals surface area (Å²) >= 11 is 8.17. The molecule has 0 aliphatic carbocycles. The van der Waals surface area contributed by atoms with Gasteiger partial charge in [0.15, 0.2) is 0 Å². The number of benzene rings is 1. The van der Waals surface area contributed by atoms with Crippen LogP contribution in [0.15, 0.2) is 43.0 Å². The summed E-state index contributed by atoms with van der Waals surface area (Å²) < 4.78 is 6.66. The van der Waals surface area contributed by atoms with Gasteiger partial charge in [-0.2, -0.15) is 16.9 Å². The van der Waals surface area contributed by atoms with Crippen LogP contribution >= 0.6 is 23.4 Å². The number of carbonyl (C=O) groups is 1. The summed E-state index contributed by atoms with van der Waals surface area (Å²) in [4.78, 5) is 23.5. The van der Waals surface area contributed by atoms with Gasteiger partial charge in [-0.3, -0.25) is 4.79 Å². The van der Waals surface area contributed by atoms with Crippen LogP contribution in [0.3, 0.4) is 0 Å². The van der Waals surface area contributed by atoms with Gasteiger partial charge in [-0.05, 0) is 17.7 Å². The zero-order chi connectivity index (χ0) is 20.9. The molecule has 1 aliphatic heterocycles. The van der Waals surface area contributed by atoms with Gasteiger partial charge in [0.25, 0.3) is 5.95 Å². The summed E-state index contributed by atoms with van der Waals surface area (Å²) in [5.74, 6) is 3.14. The molecule has 1 N–H and O–H groups in total. The first-order chi connectivity index (χ1) is 14.6. The highest BCUT2D eigenvalue weighted by molar-refractivity contribution is 7.99. The molecular weight excluding hydrogens is 424 g/mol. The monoisotopic (exact) mass is 444 g/mol. The molecule has 8 nitrogen and oxygen atoms in total. The van der Waals surface area contributed by atoms with Gasteiger partial charge in [0.1, 0.15) is 5.75 Å². The Hall–Kier alpha value is -2.78. The number of nitrogens with one attached hydrogen (secondary N) is 1. The van der Waals surface area contributed by atoms with Crippen LogP contribution < -0.4 is 15.0 Å². The number of thioether (sulfide) groups is 1. The number of hydrogen-bond acceptors (Lipinski definition) is 7. The predicted molar refractivity (Wildman–Crippen MR) is 119 cm³/mol. The van der Waals surface area contributed by atoms with Crippen LogP contribution in [0.25, 0.3) is 5.95 Å². The van der Waals surface area contributed by atoms with Gasteiger partial charge in [-0.25, -0.2) is 14.6 Å². The molecule has 4 rings (SSSR count). The van der Waals surface area contributed by atoms with Gasteiger partial charge in [0.2, 0.25) is 5.91 Å². The van der Waals surface area contributed by atoms with Crippen LogP contribution in [0, 0.1) is 0 Å². The Bertz CT molecular complexity index is 1020. The van der Waals surface area contributed by atoms with E-state index in [9.17, 15) is 4.79 Å². The van der Waals surface area contributed by atoms with E-state index in [1.807, 2.05) is 24.2 Å². The minimum Gasteiger partial charge on any atom is -0.497 e. The SMILES string of the molecule is COc1ccc(CC(=O)Nc2cnn(-c3ncc(N4CCSCC4)cn3)c2)c(Cl)c1. The summed E-state index contributed by atoms with van der Waals surface area (Å²) in [6.07, 6.45) is 7.01. The number of nitrogens with zero attached hydrogens (tertiary/aromatic N) is 5. The largest absolute Gasteiger partial charge is 0.497 e. The van der Waals surface area contributed by atoms with Crippen molar-refractivity contribution in [1.82, 2.24) is 19.7 Å². The first-order valence-electron chi connectivity index (χ1n) is 9.44. The van der Waals surface area contributed by atoms with Crippen molar-refractivity contribution in [3.63, 3.8) is 0 Å². The quantitative estimate of drug-likeness (QED) is 0.625. The molecule has 1 amide bonds. The maximum atomic E-state index is 12.4. The second-order valence-corrected chi connectivity index (χ2v) is 8.33. The van der Waals surface area contributed by atoms with Crippen molar-refractivity contribution in [1.29, 1.82) is 0 Å². The second-order valence-electron chi connectivity index (χ2n) is 6.70. The topological polar surface area (TPSA) is 85.2 Å². The smallest absolute Gasteiger partial charge is 0.250 e. The number of amides is 1. The first-order valence-corrected chi connectivity index (χ1v) is 11.0. The fourth-order valence-corrected chi connectivity index (χ4v) is 4.23. The molecule has 1 fully saturated rings. The van der Waals surface area contributed by atoms with Gasteiger partial charge in [0, 0.05) is 29.6 Å². The zero-order valence-corrected chi connectivity index (χ0v) is 18.0. The average Bonchev–Trinajstić information content (AvgIpc) is 3.24. The summed E-state index contributed by atoms with van der Waals surface area (Å²) in [5.41, 5.74) is 2.29. The minimum atomic E-state index is -0.194. The molecule has 0 atom stereocenters. The van der Waals surface area contributed by atoms with E-state index in [1.54, 1.807) is 37.7 Å². The number of ether oxygens (including phenoxy) is 1. The van der Waals surface area contributed by atoms with Crippen molar-refractivity contribution in [3.05, 3.63) is 53.6 Å². The second kappa shape index (κ2) is 9.36. The van der Waals surface area contributed by atoms with E-state index >= 15 is 0 Å². The average molecular weight is 445 g/mol. The van der Waals surface area contributed by atoms with Gasteiger partial charge >= 0.3 is 0 Å². The molecule has 1 aromatic carbocycles. The molecule has 0 spiro atoms. The number of rotatable bonds is 6. The number of aromatic nitrogens is 4. The van der Waals surface area contributed by atoms with Crippen molar-refractivity contribution in [2.45, 2.75) is 6.42 Å². The number of methoxy groups -OCH3 is 1. The highest BCUT2D eigenvalue weighted by Gasteiger charge is 2.13. The number of carbonyl (C=O) groups excluding carboxylic acids is 1. The van der Waals surface area contributed by atoms with E-state index in [4.69, 9.17) is 16.3 Å². The fraction of sp³-hybridized carbons (Fsp3) is 0.300. The Morgan fingerprint density at radius 3 is 2.70 bits per heavy atom. The summed E-state index contributed by atoms with van der Waals surface area (Å²) in [6.45, 7) is 2.01. The third-order valence-corrected chi connectivity index (χ3v) is 5.98. The van der Waals surface area contributed by atoms with Gasteiger partial charge in [-0.1, -0.05) is 17.7 Å². The Balaban J connectivity index is 1.38.